The van der Waals surface area contributed by atoms with E-state index < -0.39 is 7.26 Å². The maximum atomic E-state index is 2.42. The highest BCUT2D eigenvalue weighted by atomic mass is 31.2. The average molecular weight is 418 g/mol. The Morgan fingerprint density at radius 2 is 1.03 bits per heavy atom. The Morgan fingerprint density at radius 3 is 1.55 bits per heavy atom. The lowest BCUT2D eigenvalue weighted by Gasteiger charge is -2.25. The van der Waals surface area contributed by atoms with Crippen LogP contribution in [0.25, 0.3) is 32.7 Å². The van der Waals surface area contributed by atoms with Crippen LogP contribution < -0.4 is 5.30 Å². The second kappa shape index (κ2) is 7.33. The van der Waals surface area contributed by atoms with Crippen LogP contribution in [0.4, 0.5) is 0 Å². The molecular formula is C30H26P+. The minimum Gasteiger partial charge on any atom is -0.0620 e. The van der Waals surface area contributed by atoms with Gasteiger partial charge in [0.05, 0.1) is 31.1 Å². The molecule has 0 unspecified atom stereocenters. The minimum absolute atomic E-state index is 1.18. The molecule has 0 atom stereocenters. The molecular weight excluding hydrogens is 391 g/mol. The molecule has 31 heavy (non-hydrogen) atoms. The van der Waals surface area contributed by atoms with E-state index in [0.717, 1.165) is 0 Å². The minimum atomic E-state index is -1.39. The lowest BCUT2D eigenvalue weighted by molar-refractivity contribution is 1.30. The predicted molar refractivity (Wildman–Crippen MR) is 138 cm³/mol. The van der Waals surface area contributed by atoms with E-state index in [-0.39, 0.29) is 0 Å². The summed E-state index contributed by atoms with van der Waals surface area (Å²) in [6, 6.07) is 38.7. The van der Waals surface area contributed by atoms with Crippen molar-refractivity contribution in [3.63, 3.8) is 0 Å². The molecule has 150 valence electrons. The van der Waals surface area contributed by atoms with E-state index in [1.807, 2.05) is 0 Å². The van der Waals surface area contributed by atoms with Gasteiger partial charge in [-0.3, -0.25) is 0 Å². The van der Waals surface area contributed by atoms with Gasteiger partial charge in [-0.05, 0) is 62.9 Å². The van der Waals surface area contributed by atoms with Crippen molar-refractivity contribution in [2.75, 3.05) is 6.16 Å². The molecule has 0 saturated heterocycles. The fourth-order valence-corrected chi connectivity index (χ4v) is 9.45. The summed E-state index contributed by atoms with van der Waals surface area (Å²) in [7, 11) is -1.39. The van der Waals surface area contributed by atoms with Crippen LogP contribution in [0.15, 0.2) is 103 Å². The summed E-state index contributed by atoms with van der Waals surface area (Å²) >= 11 is 0. The van der Waals surface area contributed by atoms with Crippen molar-refractivity contribution in [2.24, 2.45) is 0 Å². The van der Waals surface area contributed by atoms with Crippen molar-refractivity contribution in [3.8, 4) is 11.1 Å². The summed E-state index contributed by atoms with van der Waals surface area (Å²) in [5.74, 6) is 0. The topological polar surface area (TPSA) is 0 Å². The normalized spacial score (nSPS) is 14.7. The van der Waals surface area contributed by atoms with Crippen molar-refractivity contribution in [2.45, 2.75) is 19.2 Å². The highest BCUT2D eigenvalue weighted by molar-refractivity contribution is 7.81. The summed E-state index contributed by atoms with van der Waals surface area (Å²) in [6.07, 6.45) is 3.59. The summed E-state index contributed by atoms with van der Waals surface area (Å²) in [5, 5.41) is 7.02. The van der Waals surface area contributed by atoms with Crippen LogP contribution in [-0.2, 0) is 12.3 Å². The Labute approximate surface area is 184 Å². The molecule has 0 spiro atoms. The molecule has 0 N–H and O–H groups in total. The number of hydrogen-bond acceptors (Lipinski definition) is 0. The molecule has 0 saturated carbocycles. The molecule has 5 aromatic carbocycles. The van der Waals surface area contributed by atoms with Crippen LogP contribution in [0.3, 0.4) is 0 Å². The zero-order chi connectivity index (χ0) is 20.8. The molecule has 1 aliphatic heterocycles. The standard InChI is InChI=1S/C30H26P/c1-2-31(26-12-4-3-5-13-26)20-24-18-16-22-10-6-8-14-27(22)29(24)30-25(21-31)19-17-23-11-7-9-15-28(23)30/h3-19H,2,20-21H2,1H3/q+1. The molecule has 0 radical (unpaired) electrons. The number of fused-ring (bicyclic) bond motifs is 7. The van der Waals surface area contributed by atoms with Crippen LogP contribution in [0, 0.1) is 0 Å². The van der Waals surface area contributed by atoms with Gasteiger partial charge >= 0.3 is 0 Å². The first-order valence-corrected chi connectivity index (χ1v) is 13.6. The molecule has 1 heterocycles. The second-order valence-electron chi connectivity index (χ2n) is 8.75. The SMILES string of the molecule is CC[P+]1(c2ccccc2)Cc2ccc3ccccc3c2-c2c(ccc3ccccc23)C1. The van der Waals surface area contributed by atoms with Crippen molar-refractivity contribution in [1.82, 2.24) is 0 Å². The van der Waals surface area contributed by atoms with E-state index in [2.05, 4.69) is 110 Å². The number of hydrogen-bond donors (Lipinski definition) is 0. The van der Waals surface area contributed by atoms with Crippen molar-refractivity contribution in [1.29, 1.82) is 0 Å². The quantitative estimate of drug-likeness (QED) is 0.255. The van der Waals surface area contributed by atoms with Crippen LogP contribution in [0.1, 0.15) is 18.1 Å². The second-order valence-corrected chi connectivity index (χ2v) is 12.8. The van der Waals surface area contributed by atoms with Crippen LogP contribution >= 0.6 is 7.26 Å². The van der Waals surface area contributed by atoms with Crippen molar-refractivity contribution >= 4 is 34.1 Å². The van der Waals surface area contributed by atoms with E-state index >= 15 is 0 Å². The molecule has 0 nitrogen and oxygen atoms in total. The molecule has 0 aromatic heterocycles. The molecule has 0 fully saturated rings. The molecule has 1 heteroatoms. The van der Waals surface area contributed by atoms with E-state index in [0.29, 0.717) is 0 Å². The summed E-state index contributed by atoms with van der Waals surface area (Å²) in [5.41, 5.74) is 5.98. The fraction of sp³-hybridized carbons (Fsp3) is 0.133. The summed E-state index contributed by atoms with van der Waals surface area (Å²) in [4.78, 5) is 0. The summed E-state index contributed by atoms with van der Waals surface area (Å²) < 4.78 is 0. The lowest BCUT2D eigenvalue weighted by atomic mass is 9.88. The van der Waals surface area contributed by atoms with Gasteiger partial charge in [-0.15, -0.1) is 0 Å². The zero-order valence-electron chi connectivity index (χ0n) is 17.9. The molecule has 0 bridgehead atoms. The van der Waals surface area contributed by atoms with E-state index in [4.69, 9.17) is 0 Å². The van der Waals surface area contributed by atoms with E-state index in [9.17, 15) is 0 Å². The van der Waals surface area contributed by atoms with Gasteiger partial charge in [0.1, 0.15) is 0 Å². The molecule has 1 aliphatic rings. The monoisotopic (exact) mass is 417 g/mol. The van der Waals surface area contributed by atoms with Gasteiger partial charge in [-0.25, -0.2) is 0 Å². The highest BCUT2D eigenvalue weighted by Crippen LogP contribution is 2.66. The first kappa shape index (κ1) is 18.8. The predicted octanol–water partition coefficient (Wildman–Crippen LogP) is 8.04. The Balaban J connectivity index is 1.75. The van der Waals surface area contributed by atoms with Gasteiger partial charge in [0.15, 0.2) is 0 Å². The van der Waals surface area contributed by atoms with Gasteiger partial charge in [0.2, 0.25) is 0 Å². The third kappa shape index (κ3) is 2.93. The van der Waals surface area contributed by atoms with Gasteiger partial charge in [-0.2, -0.15) is 0 Å². The molecule has 5 aromatic rings. The Kier molecular flexibility index (Phi) is 4.44. The lowest BCUT2D eigenvalue weighted by Crippen LogP contribution is -2.16. The largest absolute Gasteiger partial charge is 0.0946 e. The van der Waals surface area contributed by atoms with Crippen LogP contribution in [0.2, 0.25) is 0 Å². The van der Waals surface area contributed by atoms with Crippen LogP contribution in [-0.4, -0.2) is 6.16 Å². The van der Waals surface area contributed by atoms with Crippen molar-refractivity contribution in [3.05, 3.63) is 114 Å². The van der Waals surface area contributed by atoms with Gasteiger partial charge < -0.3 is 0 Å². The highest BCUT2D eigenvalue weighted by Gasteiger charge is 2.42. The first-order valence-electron chi connectivity index (χ1n) is 11.2. The molecule has 0 aliphatic carbocycles. The molecule has 0 amide bonds. The summed E-state index contributed by atoms with van der Waals surface area (Å²) in [6.45, 7) is 2.41. The van der Waals surface area contributed by atoms with Gasteiger partial charge in [0.25, 0.3) is 0 Å². The fourth-order valence-electron chi connectivity index (χ4n) is 5.53. The Morgan fingerprint density at radius 1 is 0.548 bits per heavy atom. The van der Waals surface area contributed by atoms with Gasteiger partial charge in [0, 0.05) is 0 Å². The van der Waals surface area contributed by atoms with Crippen molar-refractivity contribution < 1.29 is 0 Å². The molecule has 6 rings (SSSR count). The number of benzene rings is 5. The number of rotatable bonds is 2. The third-order valence-electron chi connectivity index (χ3n) is 7.14. The van der Waals surface area contributed by atoms with Crippen LogP contribution in [0.5, 0.6) is 0 Å². The van der Waals surface area contributed by atoms with Gasteiger partial charge in [-0.1, -0.05) is 91.0 Å². The smallest absolute Gasteiger partial charge is 0.0620 e. The van der Waals surface area contributed by atoms with E-state index in [1.165, 1.54) is 62.3 Å². The zero-order valence-corrected chi connectivity index (χ0v) is 18.8. The van der Waals surface area contributed by atoms with E-state index in [1.54, 1.807) is 5.30 Å². The maximum Gasteiger partial charge on any atom is 0.0946 e. The maximum absolute atomic E-state index is 2.42. The average Bonchev–Trinajstić information content (AvgIpc) is 3.00. The third-order valence-corrected chi connectivity index (χ3v) is 11.6. The Hall–Kier alpha value is -2.95. The Bertz CT molecular complexity index is 1330. The first-order chi connectivity index (χ1) is 15.3.